The van der Waals surface area contributed by atoms with Crippen LogP contribution in [0.3, 0.4) is 0 Å². The number of aliphatic imine (C=N–C) groups is 2. The first-order valence-electron chi connectivity index (χ1n) is 14.1. The van der Waals surface area contributed by atoms with Gasteiger partial charge in [0.05, 0.1) is 32.4 Å². The van der Waals surface area contributed by atoms with Crippen LogP contribution in [0.4, 0.5) is 11.4 Å². The number of non-ortho nitro benzene ring substituents is 1. The van der Waals surface area contributed by atoms with E-state index in [1.54, 1.807) is 24.3 Å². The number of nitrogens with zero attached hydrogens (tertiary/aromatic N) is 3. The second-order valence-electron chi connectivity index (χ2n) is 9.20. The Hall–Kier alpha value is -4.56. The van der Waals surface area contributed by atoms with Gasteiger partial charge in [-0.05, 0) is 36.1 Å². The average molecular weight is 619 g/mol. The molecule has 14 heteroatoms. The molecule has 0 aliphatic heterocycles. The third kappa shape index (κ3) is 16.2. The Morgan fingerprint density at radius 1 is 0.795 bits per heavy atom. The molecule has 0 fully saturated rings. The maximum Gasteiger partial charge on any atom is 0.331 e. The summed E-state index contributed by atoms with van der Waals surface area (Å²) in [5, 5.41) is 10.6. The molecule has 2 atom stereocenters. The van der Waals surface area contributed by atoms with Crippen molar-refractivity contribution in [2.24, 2.45) is 9.98 Å². The van der Waals surface area contributed by atoms with Crippen LogP contribution in [0.1, 0.15) is 50.7 Å². The van der Waals surface area contributed by atoms with E-state index in [9.17, 15) is 19.7 Å². The minimum absolute atomic E-state index is 0.0143. The van der Waals surface area contributed by atoms with Gasteiger partial charge in [-0.15, -0.1) is 0 Å². The first kappa shape index (κ1) is 37.5. The third-order valence-electron chi connectivity index (χ3n) is 5.80. The molecule has 0 bridgehead atoms. The molecule has 0 amide bonds. The fraction of sp³-hybridized carbons (Fsp3) is 0.467. The van der Waals surface area contributed by atoms with E-state index in [1.165, 1.54) is 26.4 Å². The molecular weight excluding hydrogens is 576 g/mol. The number of methoxy groups -OCH3 is 2. The number of nitro groups is 1. The molecule has 14 nitrogen and oxygen atoms in total. The molecule has 2 rings (SSSR count). The molecule has 2 aromatic rings. The van der Waals surface area contributed by atoms with Gasteiger partial charge in [0.2, 0.25) is 12.8 Å². The molecule has 0 aliphatic carbocycles. The van der Waals surface area contributed by atoms with Crippen LogP contribution in [0.25, 0.3) is 0 Å². The Kier molecular flexibility index (Phi) is 19.6. The molecule has 2 aromatic carbocycles. The van der Waals surface area contributed by atoms with Gasteiger partial charge in [-0.1, -0.05) is 51.0 Å². The summed E-state index contributed by atoms with van der Waals surface area (Å²) in [6, 6.07) is 11.7. The predicted octanol–water partition coefficient (Wildman–Crippen LogP) is 4.59. The summed E-state index contributed by atoms with van der Waals surface area (Å²) in [4.78, 5) is 60.8. The van der Waals surface area contributed by atoms with Gasteiger partial charge in [0.1, 0.15) is 0 Å². The molecule has 0 saturated carbocycles. The monoisotopic (exact) mass is 618 g/mol. The summed E-state index contributed by atoms with van der Waals surface area (Å²) in [5.41, 5.74) is 7.93. The lowest BCUT2D eigenvalue weighted by atomic mass is 10.1. The number of unbranched alkanes of at least 4 members (excludes halogenated alkanes) is 2. The van der Waals surface area contributed by atoms with Crippen LogP contribution in [0, 0.1) is 10.1 Å². The lowest BCUT2D eigenvalue weighted by Gasteiger charge is -2.10. The van der Waals surface area contributed by atoms with E-state index >= 15 is 0 Å². The third-order valence-corrected chi connectivity index (χ3v) is 5.80. The largest absolute Gasteiger partial charge is 0.467 e. The maximum absolute atomic E-state index is 11.7. The van der Waals surface area contributed by atoms with Crippen molar-refractivity contribution in [1.82, 2.24) is 0 Å². The van der Waals surface area contributed by atoms with Crippen LogP contribution in [0.2, 0.25) is 0 Å². The Morgan fingerprint density at radius 3 is 1.57 bits per heavy atom. The van der Waals surface area contributed by atoms with Gasteiger partial charge in [0.25, 0.3) is 5.69 Å². The smallest absolute Gasteiger partial charge is 0.331 e. The zero-order valence-corrected chi connectivity index (χ0v) is 25.6. The van der Waals surface area contributed by atoms with Gasteiger partial charge in [-0.25, -0.2) is 19.6 Å². The number of nitrogens with two attached hydrogens (primary N) is 1. The van der Waals surface area contributed by atoms with Crippen LogP contribution in [-0.4, -0.2) is 69.2 Å². The van der Waals surface area contributed by atoms with Gasteiger partial charge in [-0.3, -0.25) is 10.1 Å². The number of esters is 2. The lowest BCUT2D eigenvalue weighted by Crippen LogP contribution is -2.23. The summed E-state index contributed by atoms with van der Waals surface area (Å²) in [5.74, 6) is -0.961. The number of ether oxygens (including phenoxy) is 2. The summed E-state index contributed by atoms with van der Waals surface area (Å²) in [6.45, 7) is 5.00. The highest BCUT2D eigenvalue weighted by atomic mass is 17.2. The summed E-state index contributed by atoms with van der Waals surface area (Å²) in [6.07, 6.45) is 6.59. The molecule has 0 aromatic heterocycles. The maximum atomic E-state index is 11.7. The van der Waals surface area contributed by atoms with Crippen LogP contribution < -0.4 is 5.73 Å². The summed E-state index contributed by atoms with van der Waals surface area (Å²) in [7, 11) is 2.59. The number of benzene rings is 2. The van der Waals surface area contributed by atoms with Gasteiger partial charge in [-0.2, -0.15) is 9.78 Å². The van der Waals surface area contributed by atoms with E-state index in [0.29, 0.717) is 25.3 Å². The first-order chi connectivity index (χ1) is 21.2. The molecule has 0 heterocycles. The number of hydrogen-bond acceptors (Lipinski definition) is 13. The standard InChI is InChI=1S/C15H20N2O6.C15H22N2O4/c1-3-4-9-22-23-11-16-14(15(18)21-2)10-12-5-7-13(8-6-12)17(19)20;1-3-4-9-20-21-11-17-14(15(18)19-2)10-12-5-7-13(16)8-6-12/h5-8,11,14H,3-4,9-10H2,1-2H3;5-8,11,14H,3-4,9-10,16H2,1-2H3. The van der Waals surface area contributed by atoms with Crippen LogP contribution in [-0.2, 0) is 51.5 Å². The highest BCUT2D eigenvalue weighted by Crippen LogP contribution is 2.15. The Balaban J connectivity index is 0.000000442. The molecular formula is C30H42N4O10. The highest BCUT2D eigenvalue weighted by Gasteiger charge is 2.19. The zero-order valence-electron chi connectivity index (χ0n) is 25.6. The van der Waals surface area contributed by atoms with Crippen molar-refractivity contribution in [3.63, 3.8) is 0 Å². The van der Waals surface area contributed by atoms with Gasteiger partial charge in [0.15, 0.2) is 12.1 Å². The van der Waals surface area contributed by atoms with Crippen LogP contribution in [0.15, 0.2) is 58.5 Å². The zero-order chi connectivity index (χ0) is 32.6. The Labute approximate surface area is 257 Å². The highest BCUT2D eigenvalue weighted by molar-refractivity contribution is 5.78. The van der Waals surface area contributed by atoms with Crippen LogP contribution in [0.5, 0.6) is 0 Å². The van der Waals surface area contributed by atoms with Gasteiger partial charge >= 0.3 is 11.9 Å². The Morgan fingerprint density at radius 2 is 1.20 bits per heavy atom. The molecule has 0 aliphatic rings. The topological polar surface area (TPSA) is 183 Å². The van der Waals surface area contributed by atoms with Crippen molar-refractivity contribution >= 4 is 36.1 Å². The fourth-order valence-corrected chi connectivity index (χ4v) is 3.28. The molecule has 2 N–H and O–H groups in total. The number of carbonyl (C=O) groups excluding carboxylic acids is 2. The average Bonchev–Trinajstić information content (AvgIpc) is 3.03. The van der Waals surface area contributed by atoms with Gasteiger partial charge in [0, 0.05) is 30.7 Å². The van der Waals surface area contributed by atoms with E-state index in [0.717, 1.165) is 49.6 Å². The lowest BCUT2D eigenvalue weighted by molar-refractivity contribution is -0.384. The van der Waals surface area contributed by atoms with Crippen molar-refractivity contribution in [1.29, 1.82) is 0 Å². The number of anilines is 1. The van der Waals surface area contributed by atoms with E-state index in [-0.39, 0.29) is 12.1 Å². The van der Waals surface area contributed by atoms with E-state index < -0.39 is 28.9 Å². The number of nitrogen functional groups attached to an aromatic ring is 1. The SMILES string of the molecule is CCCCOOC=NC(Cc1ccc(N)cc1)C(=O)OC.CCCCOOC=NC(Cc1ccc([N+](=O)[O-])cc1)C(=O)OC. The van der Waals surface area contributed by atoms with Crippen molar-refractivity contribution in [3.05, 3.63) is 69.8 Å². The normalized spacial score (nSPS) is 12.2. The van der Waals surface area contributed by atoms with Crippen molar-refractivity contribution in [2.45, 2.75) is 64.5 Å². The number of nitro benzene ring substituents is 1. The summed E-state index contributed by atoms with van der Waals surface area (Å²) < 4.78 is 9.41. The van der Waals surface area contributed by atoms with E-state index in [4.69, 9.17) is 30.0 Å². The van der Waals surface area contributed by atoms with Crippen molar-refractivity contribution < 1.29 is 43.5 Å². The van der Waals surface area contributed by atoms with Crippen molar-refractivity contribution in [3.8, 4) is 0 Å². The second-order valence-corrected chi connectivity index (χ2v) is 9.20. The quantitative estimate of drug-likeness (QED) is 0.0340. The molecule has 242 valence electrons. The summed E-state index contributed by atoms with van der Waals surface area (Å²) >= 11 is 0. The van der Waals surface area contributed by atoms with Gasteiger partial charge < -0.3 is 25.0 Å². The Bertz CT molecular complexity index is 1160. The number of carbonyl (C=O) groups is 2. The number of hydrogen-bond donors (Lipinski definition) is 1. The minimum atomic E-state index is -0.809. The molecule has 0 saturated heterocycles. The fourth-order valence-electron chi connectivity index (χ4n) is 3.28. The van der Waals surface area contributed by atoms with E-state index in [2.05, 4.69) is 21.6 Å². The molecule has 2 unspecified atom stereocenters. The molecule has 0 radical (unpaired) electrons. The molecule has 0 spiro atoms. The predicted molar refractivity (Wildman–Crippen MR) is 164 cm³/mol. The van der Waals surface area contributed by atoms with Crippen LogP contribution >= 0.6 is 0 Å². The van der Waals surface area contributed by atoms with Crippen molar-refractivity contribution in [2.75, 3.05) is 33.2 Å². The minimum Gasteiger partial charge on any atom is -0.467 e. The molecule has 44 heavy (non-hydrogen) atoms. The van der Waals surface area contributed by atoms with E-state index in [1.807, 2.05) is 19.1 Å². The second kappa shape index (κ2) is 23.0. The number of rotatable bonds is 19. The first-order valence-corrected chi connectivity index (χ1v) is 14.1.